The maximum Gasteiger partial charge on any atom is 0.0541 e. The fourth-order valence-corrected chi connectivity index (χ4v) is 19.0. The third kappa shape index (κ3) is 13.2. The second kappa shape index (κ2) is 31.0. The van der Waals surface area contributed by atoms with E-state index in [1.807, 2.05) is 0 Å². The highest BCUT2D eigenvalue weighted by atomic mass is 15.0. The first-order valence-corrected chi connectivity index (χ1v) is 42.2. The van der Waals surface area contributed by atoms with Crippen LogP contribution in [-0.4, -0.2) is 9.13 Å². The number of para-hydroxylation sites is 2. The lowest BCUT2D eigenvalue weighted by atomic mass is 9.85. The third-order valence-electron chi connectivity index (χ3n) is 25.0. The summed E-state index contributed by atoms with van der Waals surface area (Å²) < 4.78 is 4.78. The summed E-state index contributed by atoms with van der Waals surface area (Å²) in [6.45, 7) is 4.31. The van der Waals surface area contributed by atoms with Crippen LogP contribution in [0.15, 0.2) is 461 Å². The summed E-state index contributed by atoms with van der Waals surface area (Å²) in [5.74, 6) is 0. The molecule has 0 unspecified atom stereocenters. The van der Waals surface area contributed by atoms with E-state index in [4.69, 9.17) is 0 Å². The first kappa shape index (κ1) is 72.7. The van der Waals surface area contributed by atoms with Gasteiger partial charge in [-0.05, 0) is 251 Å². The quantitative estimate of drug-likeness (QED) is 0.102. The van der Waals surface area contributed by atoms with Crippen molar-refractivity contribution in [2.75, 3.05) is 0 Å². The van der Waals surface area contributed by atoms with Gasteiger partial charge >= 0.3 is 0 Å². The lowest BCUT2D eigenvalue weighted by Gasteiger charge is -2.18. The summed E-state index contributed by atoms with van der Waals surface area (Å²) >= 11 is 0. The summed E-state index contributed by atoms with van der Waals surface area (Å²) in [4.78, 5) is 0. The van der Waals surface area contributed by atoms with Crippen LogP contribution in [0, 0.1) is 13.8 Å². The Kier molecular flexibility index (Phi) is 18.4. The fourth-order valence-electron chi connectivity index (χ4n) is 19.0. The minimum Gasteiger partial charge on any atom is -0.309 e. The summed E-state index contributed by atoms with van der Waals surface area (Å²) in [5, 5.41) is 15.2. The molecule has 0 aliphatic carbocycles. The van der Waals surface area contributed by atoms with Crippen molar-refractivity contribution in [3.63, 3.8) is 0 Å². The third-order valence-corrected chi connectivity index (χ3v) is 25.0. The molecule has 0 amide bonds. The highest BCUT2D eigenvalue weighted by Gasteiger charge is 2.22. The van der Waals surface area contributed by atoms with E-state index in [9.17, 15) is 0 Å². The molecule has 0 radical (unpaired) electrons. The van der Waals surface area contributed by atoms with Crippen LogP contribution in [0.1, 0.15) is 11.1 Å². The van der Waals surface area contributed by atoms with E-state index in [-0.39, 0.29) is 0 Å². The van der Waals surface area contributed by atoms with Gasteiger partial charge in [-0.25, -0.2) is 0 Å². The van der Waals surface area contributed by atoms with Crippen LogP contribution >= 0.6 is 0 Å². The molecule has 23 aromatic rings. The number of benzene rings is 21. The number of hydrogen-bond donors (Lipinski definition) is 0. The molecule has 572 valence electrons. The lowest BCUT2D eigenvalue weighted by molar-refractivity contribution is 1.17. The predicted octanol–water partition coefficient (Wildman–Crippen LogP) is 33.1. The van der Waals surface area contributed by atoms with Crippen molar-refractivity contribution in [2.24, 2.45) is 0 Å². The van der Waals surface area contributed by atoms with Gasteiger partial charge in [0.05, 0.1) is 22.1 Å². The number of aryl methyl sites for hydroxylation is 2. The molecule has 0 fully saturated rings. The number of aromatic nitrogens is 2. The predicted molar refractivity (Wildman–Crippen MR) is 521 cm³/mol. The van der Waals surface area contributed by atoms with E-state index < -0.39 is 0 Å². The SMILES string of the molecule is Cc1cccc(-n2c3ccccc3c3cc(-c4ccc(-c5ccc(-c6c7ccccc7c(-c7ccc(-c8ccc(-c9ccccc9)cc8)cc7)c7ccccc67)cc5)cc4)ccc32)c1.Cc1cccc(-n2c3ccccc3c3cc(-c4ccc(-c5ccc(-c6c7ccccc7c(-c7ccc(-c8ccccc8)cc7)c7ccccc67)cc5)cc4)ccc32)c1. The monoisotopic (exact) mass is 1550 g/mol. The van der Waals surface area contributed by atoms with Gasteiger partial charge < -0.3 is 9.13 Å². The number of fused-ring (bicyclic) bond motifs is 10. The molecule has 0 saturated carbocycles. The molecular weight excluding hydrogens is 1470 g/mol. The van der Waals surface area contributed by atoms with E-state index in [0.29, 0.717) is 0 Å². The maximum absolute atomic E-state index is 2.39. The first-order chi connectivity index (χ1) is 60.3. The van der Waals surface area contributed by atoms with Gasteiger partial charge in [-0.3, -0.25) is 0 Å². The number of nitrogens with zero attached hydrogens (tertiary/aromatic N) is 2. The highest BCUT2D eigenvalue weighted by molar-refractivity contribution is 6.23. The standard InChI is InChI=1S/C63H43N.C57H39N/c1-42-12-11-15-53(40-42)64-60-21-10-9-16-54(60)59-41-52(38-39-61(59)64)49-28-26-46(27-29-49)48-32-36-51(37-33-48)63-57-19-7-5-17-55(57)62(56-18-6-8-20-58(56)63)50-34-30-47(31-35-50)45-24-22-44(23-25-45)43-13-3-2-4-14-43;1-38-12-11-15-47(36-38)58-54-21-10-9-16-48(54)53-37-46(34-35-55(53)58)43-24-22-41(23-25-43)42-28-32-45(33-29-42)57-51-19-7-5-17-49(51)56(50-18-6-8-20-52(50)57)44-30-26-40(27-31-44)39-13-3-2-4-14-39/h2-41H,1H3;2-37H,1H3. The normalized spacial score (nSPS) is 11.5. The Balaban J connectivity index is 0.000000146. The van der Waals surface area contributed by atoms with Gasteiger partial charge in [0.15, 0.2) is 0 Å². The first-order valence-electron chi connectivity index (χ1n) is 42.2. The van der Waals surface area contributed by atoms with Crippen LogP contribution < -0.4 is 0 Å². The molecule has 2 aromatic heterocycles. The van der Waals surface area contributed by atoms with Gasteiger partial charge in [0.2, 0.25) is 0 Å². The average molecular weight is 1550 g/mol. The Hall–Kier alpha value is -15.7. The van der Waals surface area contributed by atoms with Crippen LogP contribution in [0.3, 0.4) is 0 Å². The van der Waals surface area contributed by atoms with Crippen molar-refractivity contribution in [3.8, 4) is 134 Å². The van der Waals surface area contributed by atoms with Crippen LogP contribution in [0.2, 0.25) is 0 Å². The molecule has 0 atom stereocenters. The van der Waals surface area contributed by atoms with Crippen molar-refractivity contribution >= 4 is 86.7 Å². The van der Waals surface area contributed by atoms with E-state index in [2.05, 4.69) is 484 Å². The second-order valence-electron chi connectivity index (χ2n) is 32.3. The Labute approximate surface area is 710 Å². The molecule has 122 heavy (non-hydrogen) atoms. The molecule has 0 bridgehead atoms. The van der Waals surface area contributed by atoms with E-state index in [0.717, 1.165) is 0 Å². The molecular formula is C120H82N2. The molecule has 0 N–H and O–H groups in total. The molecule has 0 saturated heterocycles. The molecule has 2 heteroatoms. The van der Waals surface area contributed by atoms with Crippen molar-refractivity contribution in [2.45, 2.75) is 13.8 Å². The highest BCUT2D eigenvalue weighted by Crippen LogP contribution is 2.48. The zero-order valence-electron chi connectivity index (χ0n) is 67.8. The van der Waals surface area contributed by atoms with Gasteiger partial charge in [0.25, 0.3) is 0 Å². The van der Waals surface area contributed by atoms with Gasteiger partial charge in [-0.15, -0.1) is 0 Å². The summed E-state index contributed by atoms with van der Waals surface area (Å²) in [7, 11) is 0. The Bertz CT molecular complexity index is 7800. The molecule has 21 aromatic carbocycles. The number of hydrogen-bond acceptors (Lipinski definition) is 0. The largest absolute Gasteiger partial charge is 0.309 e. The van der Waals surface area contributed by atoms with Crippen LogP contribution in [0.4, 0.5) is 0 Å². The fraction of sp³-hybridized carbons (Fsp3) is 0.0167. The van der Waals surface area contributed by atoms with Crippen molar-refractivity contribution in [3.05, 3.63) is 472 Å². The summed E-state index contributed by atoms with van der Waals surface area (Å²) in [6, 6.07) is 169. The minimum absolute atomic E-state index is 1.19. The van der Waals surface area contributed by atoms with Gasteiger partial charge in [0.1, 0.15) is 0 Å². The topological polar surface area (TPSA) is 9.86 Å². The molecule has 0 aliphatic rings. The molecule has 2 heterocycles. The average Bonchev–Trinajstić information content (AvgIpc) is 1.43. The number of rotatable bonds is 13. The van der Waals surface area contributed by atoms with E-state index >= 15 is 0 Å². The molecule has 0 aliphatic heterocycles. The maximum atomic E-state index is 2.39. The summed E-state index contributed by atoms with van der Waals surface area (Å²) in [5.41, 5.74) is 36.8. The van der Waals surface area contributed by atoms with E-state index in [1.165, 1.54) is 232 Å². The van der Waals surface area contributed by atoms with Crippen LogP contribution in [0.25, 0.3) is 220 Å². The lowest BCUT2D eigenvalue weighted by Crippen LogP contribution is -1.94. The summed E-state index contributed by atoms with van der Waals surface area (Å²) in [6.07, 6.45) is 0. The van der Waals surface area contributed by atoms with Gasteiger partial charge in [-0.1, -0.05) is 400 Å². The van der Waals surface area contributed by atoms with Crippen molar-refractivity contribution in [1.29, 1.82) is 0 Å². The molecule has 0 spiro atoms. The Morgan fingerprint density at radius 2 is 0.311 bits per heavy atom. The van der Waals surface area contributed by atoms with E-state index in [1.54, 1.807) is 0 Å². The van der Waals surface area contributed by atoms with Gasteiger partial charge in [0, 0.05) is 32.9 Å². The molecule has 2 nitrogen and oxygen atoms in total. The van der Waals surface area contributed by atoms with Crippen LogP contribution in [0.5, 0.6) is 0 Å². The van der Waals surface area contributed by atoms with Crippen molar-refractivity contribution < 1.29 is 0 Å². The van der Waals surface area contributed by atoms with Gasteiger partial charge in [-0.2, -0.15) is 0 Å². The van der Waals surface area contributed by atoms with Crippen LogP contribution in [-0.2, 0) is 0 Å². The smallest absolute Gasteiger partial charge is 0.0541 e. The minimum atomic E-state index is 1.19. The zero-order valence-corrected chi connectivity index (χ0v) is 67.8. The van der Waals surface area contributed by atoms with Crippen molar-refractivity contribution in [1.82, 2.24) is 9.13 Å². The second-order valence-corrected chi connectivity index (χ2v) is 32.3. The Morgan fingerprint density at radius 1 is 0.123 bits per heavy atom. The zero-order chi connectivity index (χ0) is 81.1. The molecule has 23 rings (SSSR count). The Morgan fingerprint density at radius 3 is 0.557 bits per heavy atom.